The molecule has 0 amide bonds. The molecule has 1 aliphatic rings. The van der Waals surface area contributed by atoms with Crippen LogP contribution < -0.4 is 0 Å². The average molecular weight is 289 g/mol. The fourth-order valence-corrected chi connectivity index (χ4v) is 3.75. The highest BCUT2D eigenvalue weighted by Gasteiger charge is 2.45. The van der Waals surface area contributed by atoms with Crippen molar-refractivity contribution in [3.8, 4) is 0 Å². The van der Waals surface area contributed by atoms with Gasteiger partial charge in [0.05, 0.1) is 0 Å². The molecule has 0 spiro atoms. The molecule has 0 radical (unpaired) electrons. The summed E-state index contributed by atoms with van der Waals surface area (Å²) in [5.41, 5.74) is 1.47. The summed E-state index contributed by atoms with van der Waals surface area (Å²) in [6, 6.07) is 9.57. The van der Waals surface area contributed by atoms with E-state index in [1.807, 2.05) is 30.3 Å². The van der Waals surface area contributed by atoms with Crippen LogP contribution in [0.4, 0.5) is 0 Å². The van der Waals surface area contributed by atoms with Gasteiger partial charge in [-0.1, -0.05) is 57.0 Å². The van der Waals surface area contributed by atoms with Crippen LogP contribution in [0, 0.1) is 5.41 Å². The lowest BCUT2D eigenvalue weighted by Crippen LogP contribution is -2.62. The van der Waals surface area contributed by atoms with Crippen molar-refractivity contribution in [1.82, 2.24) is 4.90 Å². The lowest BCUT2D eigenvalue weighted by atomic mass is 9.71. The van der Waals surface area contributed by atoms with Crippen LogP contribution in [0.25, 0.3) is 0 Å². The second-order valence-corrected chi connectivity index (χ2v) is 6.45. The third-order valence-electron chi connectivity index (χ3n) is 4.64. The molecule has 1 N–H and O–H groups in total. The van der Waals surface area contributed by atoms with Gasteiger partial charge < -0.3 is 5.11 Å². The first kappa shape index (κ1) is 16.0. The van der Waals surface area contributed by atoms with E-state index in [1.165, 1.54) is 25.7 Å². The largest absolute Gasteiger partial charge is 0.480 e. The van der Waals surface area contributed by atoms with Crippen LogP contribution in [0.5, 0.6) is 0 Å². The van der Waals surface area contributed by atoms with E-state index in [0.29, 0.717) is 11.8 Å². The van der Waals surface area contributed by atoms with E-state index in [2.05, 4.69) is 18.7 Å². The van der Waals surface area contributed by atoms with Crippen molar-refractivity contribution in [3.63, 3.8) is 0 Å². The van der Waals surface area contributed by atoms with Gasteiger partial charge in [0.2, 0.25) is 0 Å². The third-order valence-corrected chi connectivity index (χ3v) is 4.64. The first-order valence-corrected chi connectivity index (χ1v) is 8.11. The van der Waals surface area contributed by atoms with Crippen LogP contribution in [0.2, 0.25) is 0 Å². The zero-order valence-electron chi connectivity index (χ0n) is 13.2. The number of carboxylic acids is 1. The van der Waals surface area contributed by atoms with Gasteiger partial charge in [-0.3, -0.25) is 9.69 Å². The van der Waals surface area contributed by atoms with Gasteiger partial charge in [0.15, 0.2) is 0 Å². The number of likely N-dealkylation sites (tertiary alicyclic amines) is 1. The summed E-state index contributed by atoms with van der Waals surface area (Å²) in [7, 11) is 0. The standard InChI is InChI=1S/C18H27NO2/c1-3-10-18(11-4-2)13-19(14-18)16(17(20)21)12-15-8-6-5-7-9-15/h5-9,16H,3-4,10-14H2,1-2H3,(H,20,21). The van der Waals surface area contributed by atoms with Crippen molar-refractivity contribution in [2.45, 2.75) is 52.0 Å². The Kier molecular flexibility index (Phi) is 5.40. The molecule has 21 heavy (non-hydrogen) atoms. The molecule has 1 heterocycles. The third kappa shape index (κ3) is 3.85. The van der Waals surface area contributed by atoms with Gasteiger partial charge >= 0.3 is 5.97 Å². The van der Waals surface area contributed by atoms with Gasteiger partial charge in [-0.15, -0.1) is 0 Å². The monoisotopic (exact) mass is 289 g/mol. The summed E-state index contributed by atoms with van der Waals surface area (Å²) in [6.45, 7) is 6.33. The van der Waals surface area contributed by atoms with Crippen molar-refractivity contribution >= 4 is 5.97 Å². The second kappa shape index (κ2) is 7.08. The Balaban J connectivity index is 2.00. The van der Waals surface area contributed by atoms with Crippen LogP contribution in [0.3, 0.4) is 0 Å². The molecule has 2 rings (SSSR count). The highest BCUT2D eigenvalue weighted by Crippen LogP contribution is 2.41. The number of nitrogens with zero attached hydrogens (tertiary/aromatic N) is 1. The van der Waals surface area contributed by atoms with E-state index < -0.39 is 5.97 Å². The summed E-state index contributed by atoms with van der Waals surface area (Å²) in [6.07, 6.45) is 5.41. The molecular weight excluding hydrogens is 262 g/mol. The Morgan fingerprint density at radius 1 is 1.19 bits per heavy atom. The van der Waals surface area contributed by atoms with Gasteiger partial charge in [-0.25, -0.2) is 0 Å². The Bertz CT molecular complexity index is 444. The molecule has 1 saturated heterocycles. The maximum atomic E-state index is 11.6. The SMILES string of the molecule is CCCC1(CCC)CN(C(Cc2ccccc2)C(=O)O)C1. The van der Waals surface area contributed by atoms with E-state index >= 15 is 0 Å². The normalized spacial score (nSPS) is 19.0. The number of hydrogen-bond donors (Lipinski definition) is 1. The van der Waals surface area contributed by atoms with Gasteiger partial charge in [-0.05, 0) is 30.2 Å². The maximum Gasteiger partial charge on any atom is 0.321 e. The zero-order valence-corrected chi connectivity index (χ0v) is 13.2. The van der Waals surface area contributed by atoms with Crippen molar-refractivity contribution in [2.24, 2.45) is 5.41 Å². The van der Waals surface area contributed by atoms with Gasteiger partial charge in [0.1, 0.15) is 6.04 Å². The Morgan fingerprint density at radius 2 is 1.76 bits per heavy atom. The molecule has 1 aromatic rings. The van der Waals surface area contributed by atoms with Crippen molar-refractivity contribution in [2.75, 3.05) is 13.1 Å². The van der Waals surface area contributed by atoms with Crippen LogP contribution in [0.15, 0.2) is 30.3 Å². The number of carboxylic acid groups (broad SMARTS) is 1. The molecule has 1 atom stereocenters. The summed E-state index contributed by atoms with van der Waals surface area (Å²) < 4.78 is 0. The summed E-state index contributed by atoms with van der Waals surface area (Å²) in [4.78, 5) is 13.8. The fourth-order valence-electron chi connectivity index (χ4n) is 3.75. The molecule has 0 saturated carbocycles. The molecule has 1 aliphatic heterocycles. The Labute approximate surface area is 128 Å². The molecule has 0 bridgehead atoms. The summed E-state index contributed by atoms with van der Waals surface area (Å²) in [5.74, 6) is -0.694. The smallest absolute Gasteiger partial charge is 0.321 e. The molecular formula is C18H27NO2. The van der Waals surface area contributed by atoms with Gasteiger partial charge in [0, 0.05) is 13.1 Å². The first-order valence-electron chi connectivity index (χ1n) is 8.11. The van der Waals surface area contributed by atoms with Crippen molar-refractivity contribution in [3.05, 3.63) is 35.9 Å². The van der Waals surface area contributed by atoms with Crippen LogP contribution >= 0.6 is 0 Å². The van der Waals surface area contributed by atoms with E-state index in [0.717, 1.165) is 18.7 Å². The number of benzene rings is 1. The Morgan fingerprint density at radius 3 is 2.24 bits per heavy atom. The minimum atomic E-state index is -0.694. The van der Waals surface area contributed by atoms with E-state index in [1.54, 1.807) is 0 Å². The molecule has 3 nitrogen and oxygen atoms in total. The number of carbonyl (C=O) groups is 1. The molecule has 3 heteroatoms. The fraction of sp³-hybridized carbons (Fsp3) is 0.611. The predicted molar refractivity (Wildman–Crippen MR) is 85.4 cm³/mol. The van der Waals surface area contributed by atoms with Crippen molar-refractivity contribution in [1.29, 1.82) is 0 Å². The summed E-state index contributed by atoms with van der Waals surface area (Å²) in [5, 5.41) is 9.56. The first-order chi connectivity index (χ1) is 10.1. The Hall–Kier alpha value is -1.35. The predicted octanol–water partition coefficient (Wildman–Crippen LogP) is 3.58. The minimum absolute atomic E-state index is 0.369. The zero-order chi connectivity index (χ0) is 15.3. The molecule has 0 aromatic heterocycles. The topological polar surface area (TPSA) is 40.5 Å². The van der Waals surface area contributed by atoms with E-state index in [4.69, 9.17) is 0 Å². The summed E-state index contributed by atoms with van der Waals surface area (Å²) >= 11 is 0. The molecule has 116 valence electrons. The average Bonchev–Trinajstić information content (AvgIpc) is 2.43. The molecule has 1 fully saturated rings. The lowest BCUT2D eigenvalue weighted by Gasteiger charge is -2.53. The number of hydrogen-bond acceptors (Lipinski definition) is 2. The minimum Gasteiger partial charge on any atom is -0.480 e. The van der Waals surface area contributed by atoms with Gasteiger partial charge in [0.25, 0.3) is 0 Å². The quantitative estimate of drug-likeness (QED) is 0.795. The molecule has 0 aliphatic carbocycles. The van der Waals surface area contributed by atoms with Crippen LogP contribution in [-0.4, -0.2) is 35.1 Å². The maximum absolute atomic E-state index is 11.6. The second-order valence-electron chi connectivity index (χ2n) is 6.45. The highest BCUT2D eigenvalue weighted by atomic mass is 16.4. The van der Waals surface area contributed by atoms with E-state index in [-0.39, 0.29) is 6.04 Å². The van der Waals surface area contributed by atoms with Crippen LogP contribution in [0.1, 0.15) is 45.1 Å². The van der Waals surface area contributed by atoms with Gasteiger partial charge in [-0.2, -0.15) is 0 Å². The van der Waals surface area contributed by atoms with E-state index in [9.17, 15) is 9.90 Å². The lowest BCUT2D eigenvalue weighted by molar-refractivity contribution is -0.150. The highest BCUT2D eigenvalue weighted by molar-refractivity contribution is 5.74. The van der Waals surface area contributed by atoms with Crippen LogP contribution in [-0.2, 0) is 11.2 Å². The molecule has 1 aromatic carbocycles. The molecule has 1 unspecified atom stereocenters. The number of rotatable bonds is 8. The van der Waals surface area contributed by atoms with Crippen molar-refractivity contribution < 1.29 is 9.90 Å². The number of aliphatic carboxylic acids is 1.